The number of Topliss-reactive ketones (excluding diaryl/α,β-unsaturated/α-hetero) is 1. The Kier molecular flexibility index (Phi) is 4.41. The summed E-state index contributed by atoms with van der Waals surface area (Å²) >= 11 is 12.2. The van der Waals surface area contributed by atoms with Gasteiger partial charge in [0.1, 0.15) is 11.4 Å². The molecule has 1 saturated heterocycles. The van der Waals surface area contributed by atoms with Crippen LogP contribution in [0, 0.1) is 0 Å². The number of hydrogen-bond acceptors (Lipinski definition) is 3. The Hall–Kier alpha value is -2.04. The highest BCUT2D eigenvalue weighted by atomic mass is 35.5. The highest BCUT2D eigenvalue weighted by molar-refractivity contribution is 6.36. The summed E-state index contributed by atoms with van der Waals surface area (Å²) in [6.07, 6.45) is 1.47. The summed E-state index contributed by atoms with van der Waals surface area (Å²) < 4.78 is 6.20. The van der Waals surface area contributed by atoms with Gasteiger partial charge < -0.3 is 9.64 Å². The summed E-state index contributed by atoms with van der Waals surface area (Å²) in [7, 11) is 0. The fraction of sp³-hybridized carbons (Fsp3) is 0.300. The van der Waals surface area contributed by atoms with Gasteiger partial charge in [-0.05, 0) is 24.3 Å². The molecule has 0 N–H and O–H groups in total. The van der Waals surface area contributed by atoms with Crippen molar-refractivity contribution >= 4 is 34.9 Å². The molecule has 0 saturated carbocycles. The zero-order valence-corrected chi connectivity index (χ0v) is 15.5. The molecular formula is C20H17Cl2NO3. The lowest BCUT2D eigenvalue weighted by molar-refractivity contribution is -0.00564. The van der Waals surface area contributed by atoms with E-state index in [4.69, 9.17) is 27.9 Å². The summed E-state index contributed by atoms with van der Waals surface area (Å²) in [5.41, 5.74) is 0.512. The molecule has 1 amide bonds. The van der Waals surface area contributed by atoms with Gasteiger partial charge in [0, 0.05) is 36.5 Å². The van der Waals surface area contributed by atoms with E-state index < -0.39 is 5.60 Å². The molecule has 2 aliphatic heterocycles. The van der Waals surface area contributed by atoms with Crippen molar-refractivity contribution in [2.75, 3.05) is 13.1 Å². The van der Waals surface area contributed by atoms with Crippen molar-refractivity contribution < 1.29 is 14.3 Å². The molecule has 6 heteroatoms. The van der Waals surface area contributed by atoms with E-state index in [2.05, 4.69) is 0 Å². The van der Waals surface area contributed by atoms with Gasteiger partial charge in [0.2, 0.25) is 0 Å². The van der Waals surface area contributed by atoms with Gasteiger partial charge in [-0.2, -0.15) is 0 Å². The first-order chi connectivity index (χ1) is 12.5. The average molecular weight is 390 g/mol. The number of ketones is 1. The van der Waals surface area contributed by atoms with Gasteiger partial charge >= 0.3 is 0 Å². The van der Waals surface area contributed by atoms with Gasteiger partial charge in [0.25, 0.3) is 5.91 Å². The summed E-state index contributed by atoms with van der Waals surface area (Å²) in [6.45, 7) is 1.09. The molecule has 0 bridgehead atoms. The number of carbonyl (C=O) groups is 2. The van der Waals surface area contributed by atoms with E-state index in [1.165, 1.54) is 0 Å². The van der Waals surface area contributed by atoms with E-state index in [-0.39, 0.29) is 18.1 Å². The second-order valence-electron chi connectivity index (χ2n) is 6.81. The predicted molar refractivity (Wildman–Crippen MR) is 100 cm³/mol. The van der Waals surface area contributed by atoms with Crippen molar-refractivity contribution in [3.63, 3.8) is 0 Å². The maximum atomic E-state index is 12.6. The topological polar surface area (TPSA) is 46.6 Å². The van der Waals surface area contributed by atoms with Crippen molar-refractivity contribution in [2.45, 2.75) is 24.9 Å². The average Bonchev–Trinajstić information content (AvgIpc) is 2.64. The highest BCUT2D eigenvalue weighted by Gasteiger charge is 2.44. The molecule has 1 spiro atoms. The van der Waals surface area contributed by atoms with E-state index >= 15 is 0 Å². The van der Waals surface area contributed by atoms with Gasteiger partial charge in [0.15, 0.2) is 5.78 Å². The van der Waals surface area contributed by atoms with Gasteiger partial charge in [-0.25, -0.2) is 0 Å². The van der Waals surface area contributed by atoms with Crippen molar-refractivity contribution in [3.05, 3.63) is 63.6 Å². The van der Waals surface area contributed by atoms with Crippen LogP contribution >= 0.6 is 23.2 Å². The molecule has 0 unspecified atom stereocenters. The third-order valence-corrected chi connectivity index (χ3v) is 5.59. The number of amides is 1. The third-order valence-electron chi connectivity index (χ3n) is 5.09. The first-order valence-corrected chi connectivity index (χ1v) is 9.29. The molecule has 2 heterocycles. The first kappa shape index (κ1) is 17.4. The Bertz CT molecular complexity index is 874. The van der Waals surface area contributed by atoms with Crippen LogP contribution in [0.1, 0.15) is 40.0 Å². The number of nitrogens with zero attached hydrogens (tertiary/aromatic N) is 1. The Balaban J connectivity index is 1.52. The van der Waals surface area contributed by atoms with Crippen LogP contribution in [0.4, 0.5) is 0 Å². The molecule has 0 aromatic heterocycles. The van der Waals surface area contributed by atoms with Crippen molar-refractivity contribution in [1.82, 2.24) is 4.90 Å². The van der Waals surface area contributed by atoms with Crippen LogP contribution in [0.15, 0.2) is 42.5 Å². The lowest BCUT2D eigenvalue weighted by Gasteiger charge is -2.44. The summed E-state index contributed by atoms with van der Waals surface area (Å²) in [4.78, 5) is 27.0. The Morgan fingerprint density at radius 1 is 1.08 bits per heavy atom. The Morgan fingerprint density at radius 2 is 1.77 bits per heavy atom. The van der Waals surface area contributed by atoms with Gasteiger partial charge in [0.05, 0.1) is 17.0 Å². The molecule has 2 aromatic rings. The molecule has 4 nitrogen and oxygen atoms in total. The Morgan fingerprint density at radius 3 is 2.46 bits per heavy atom. The van der Waals surface area contributed by atoms with Gasteiger partial charge in [-0.15, -0.1) is 0 Å². The number of benzene rings is 2. The lowest BCUT2D eigenvalue weighted by Crippen LogP contribution is -2.52. The number of likely N-dealkylation sites (tertiary alicyclic amines) is 1. The van der Waals surface area contributed by atoms with Crippen molar-refractivity contribution in [2.24, 2.45) is 0 Å². The van der Waals surface area contributed by atoms with Crippen LogP contribution in [0.3, 0.4) is 0 Å². The predicted octanol–water partition coefficient (Wildman–Crippen LogP) is 4.63. The number of carbonyl (C=O) groups excluding carboxylic acids is 2. The van der Waals surface area contributed by atoms with Crippen molar-refractivity contribution in [1.29, 1.82) is 0 Å². The number of halogens is 2. The summed E-state index contributed by atoms with van der Waals surface area (Å²) in [5.74, 6) is 0.404. The molecule has 0 atom stereocenters. The fourth-order valence-electron chi connectivity index (χ4n) is 3.67. The smallest absolute Gasteiger partial charge is 0.253 e. The summed E-state index contributed by atoms with van der Waals surface area (Å²) in [6, 6.07) is 12.4. The SMILES string of the molecule is O=C1CC2(CCN(C(=O)c3ccccc3)CC2)Oc2c(Cl)cc(Cl)cc21. The molecule has 0 aliphatic carbocycles. The number of hydrogen-bond donors (Lipinski definition) is 0. The number of piperidine rings is 1. The van der Waals surface area contributed by atoms with Crippen LogP contribution < -0.4 is 4.74 Å². The minimum Gasteiger partial charge on any atom is -0.484 e. The normalized spacial score (nSPS) is 18.4. The van der Waals surface area contributed by atoms with Crippen LogP contribution in [0.25, 0.3) is 0 Å². The van der Waals surface area contributed by atoms with E-state index in [0.717, 1.165) is 0 Å². The number of ether oxygens (including phenoxy) is 1. The quantitative estimate of drug-likeness (QED) is 0.713. The standard InChI is InChI=1S/C20H17Cl2NO3/c21-14-10-15-17(24)12-20(26-18(15)16(22)11-14)6-8-23(9-7-20)19(25)13-4-2-1-3-5-13/h1-5,10-11H,6-9,12H2. The molecule has 134 valence electrons. The maximum Gasteiger partial charge on any atom is 0.253 e. The monoisotopic (exact) mass is 389 g/mol. The van der Waals surface area contributed by atoms with Gasteiger partial charge in [-0.1, -0.05) is 41.4 Å². The maximum absolute atomic E-state index is 12.6. The second-order valence-corrected chi connectivity index (χ2v) is 7.65. The zero-order valence-electron chi connectivity index (χ0n) is 14.0. The minimum absolute atomic E-state index is 0.00722. The van der Waals surface area contributed by atoms with Crippen LogP contribution in [-0.4, -0.2) is 35.3 Å². The largest absolute Gasteiger partial charge is 0.484 e. The summed E-state index contributed by atoms with van der Waals surface area (Å²) in [5, 5.41) is 0.771. The first-order valence-electron chi connectivity index (χ1n) is 8.53. The van der Waals surface area contributed by atoms with E-state index in [0.29, 0.717) is 52.9 Å². The third kappa shape index (κ3) is 3.08. The second kappa shape index (κ2) is 6.60. The molecule has 0 radical (unpaired) electrons. The molecule has 2 aliphatic rings. The number of fused-ring (bicyclic) bond motifs is 1. The van der Waals surface area contributed by atoms with Crippen molar-refractivity contribution in [3.8, 4) is 5.75 Å². The van der Waals surface area contributed by atoms with Gasteiger partial charge in [-0.3, -0.25) is 9.59 Å². The lowest BCUT2D eigenvalue weighted by atomic mass is 9.82. The minimum atomic E-state index is -0.602. The van der Waals surface area contributed by atoms with Crippen LogP contribution in [0.2, 0.25) is 10.0 Å². The van der Waals surface area contributed by atoms with Crippen LogP contribution in [0.5, 0.6) is 5.75 Å². The Labute approximate surface area is 161 Å². The fourth-order valence-corrected chi connectivity index (χ4v) is 4.20. The highest BCUT2D eigenvalue weighted by Crippen LogP contribution is 2.44. The van der Waals surface area contributed by atoms with E-state index in [9.17, 15) is 9.59 Å². The van der Waals surface area contributed by atoms with E-state index in [1.54, 1.807) is 12.1 Å². The molecule has 26 heavy (non-hydrogen) atoms. The van der Waals surface area contributed by atoms with E-state index in [1.807, 2.05) is 35.2 Å². The molecule has 1 fully saturated rings. The van der Waals surface area contributed by atoms with Crippen LogP contribution in [-0.2, 0) is 0 Å². The number of rotatable bonds is 1. The zero-order chi connectivity index (χ0) is 18.3. The molecule has 4 rings (SSSR count). The molecule has 2 aromatic carbocycles. The molecular weight excluding hydrogens is 373 g/mol.